The molecule has 3 heteroatoms. The molecule has 0 bridgehead atoms. The van der Waals surface area contributed by atoms with Crippen LogP contribution in [0.4, 0.5) is 0 Å². The number of hydrogen-bond donors (Lipinski definition) is 1. The lowest BCUT2D eigenvalue weighted by Crippen LogP contribution is -2.56. The van der Waals surface area contributed by atoms with Crippen molar-refractivity contribution < 1.29 is 9.84 Å². The van der Waals surface area contributed by atoms with Crippen molar-refractivity contribution in [2.75, 3.05) is 20.3 Å². The first-order valence-electron chi connectivity index (χ1n) is 7.90. The quantitative estimate of drug-likeness (QED) is 0.772. The van der Waals surface area contributed by atoms with Crippen LogP contribution in [0.5, 0.6) is 0 Å². The fraction of sp³-hybridized carbons (Fsp3) is 1.00. The van der Waals surface area contributed by atoms with Crippen molar-refractivity contribution in [2.24, 2.45) is 5.41 Å². The van der Waals surface area contributed by atoms with E-state index in [2.05, 4.69) is 32.6 Å². The molecule has 0 aromatic carbocycles. The number of aliphatic hydroxyl groups is 1. The molecular formula is C16H33NO2. The van der Waals surface area contributed by atoms with Crippen LogP contribution in [0.15, 0.2) is 0 Å². The fourth-order valence-corrected chi connectivity index (χ4v) is 3.51. The van der Waals surface area contributed by atoms with E-state index in [1.807, 2.05) is 0 Å². The van der Waals surface area contributed by atoms with Crippen molar-refractivity contribution in [1.29, 1.82) is 0 Å². The van der Waals surface area contributed by atoms with Gasteiger partial charge in [-0.3, -0.25) is 4.90 Å². The lowest BCUT2D eigenvalue weighted by molar-refractivity contribution is -0.0748. The van der Waals surface area contributed by atoms with Gasteiger partial charge in [-0.05, 0) is 31.1 Å². The Bertz CT molecular complexity index is 251. The molecule has 0 heterocycles. The summed E-state index contributed by atoms with van der Waals surface area (Å²) in [5.74, 6) is 0. The molecule has 2 unspecified atom stereocenters. The van der Waals surface area contributed by atoms with Gasteiger partial charge in [0.15, 0.2) is 0 Å². The molecule has 1 rings (SSSR count). The monoisotopic (exact) mass is 271 g/mol. The zero-order valence-electron chi connectivity index (χ0n) is 13.5. The third kappa shape index (κ3) is 4.17. The number of hydrogen-bond acceptors (Lipinski definition) is 3. The average Bonchev–Trinajstić information content (AvgIpc) is 2.38. The summed E-state index contributed by atoms with van der Waals surface area (Å²) in [5, 5.41) is 10.7. The summed E-state index contributed by atoms with van der Waals surface area (Å²) in [4.78, 5) is 2.51. The van der Waals surface area contributed by atoms with Gasteiger partial charge in [0.05, 0.1) is 12.7 Å². The van der Waals surface area contributed by atoms with E-state index in [0.717, 1.165) is 38.8 Å². The van der Waals surface area contributed by atoms with E-state index >= 15 is 0 Å². The number of nitrogens with zero attached hydrogens (tertiary/aromatic N) is 1. The van der Waals surface area contributed by atoms with E-state index in [0.29, 0.717) is 12.1 Å². The lowest BCUT2D eigenvalue weighted by atomic mass is 9.71. The Labute approximate surface area is 119 Å². The van der Waals surface area contributed by atoms with Gasteiger partial charge in [-0.25, -0.2) is 0 Å². The van der Waals surface area contributed by atoms with Crippen LogP contribution in [0.1, 0.15) is 59.8 Å². The molecule has 1 N–H and O–H groups in total. The van der Waals surface area contributed by atoms with E-state index in [-0.39, 0.29) is 11.5 Å². The molecule has 114 valence electrons. The second-order valence-electron chi connectivity index (χ2n) is 6.59. The maximum Gasteiger partial charge on any atom is 0.0746 e. The standard InChI is InChI=1S/C16H33NO2/c1-6-13(7-2)17(11-12-19-5)14-9-8-10-16(3,4)15(14)18/h13-15,18H,6-12H2,1-5H3. The van der Waals surface area contributed by atoms with Gasteiger partial charge in [-0.15, -0.1) is 0 Å². The highest BCUT2D eigenvalue weighted by atomic mass is 16.5. The van der Waals surface area contributed by atoms with Crippen molar-refractivity contribution in [3.05, 3.63) is 0 Å². The summed E-state index contributed by atoms with van der Waals surface area (Å²) in [6, 6.07) is 0.854. The molecule has 3 nitrogen and oxygen atoms in total. The highest BCUT2D eigenvalue weighted by Gasteiger charge is 2.41. The minimum Gasteiger partial charge on any atom is -0.391 e. The molecule has 0 spiro atoms. The number of aliphatic hydroxyl groups excluding tert-OH is 1. The molecular weight excluding hydrogens is 238 g/mol. The van der Waals surface area contributed by atoms with Crippen molar-refractivity contribution in [1.82, 2.24) is 4.90 Å². The molecule has 0 aromatic heterocycles. The van der Waals surface area contributed by atoms with Crippen LogP contribution < -0.4 is 0 Å². The first kappa shape index (κ1) is 16.9. The van der Waals surface area contributed by atoms with Gasteiger partial charge in [0.1, 0.15) is 0 Å². The Kier molecular flexibility index (Phi) is 6.78. The van der Waals surface area contributed by atoms with Crippen molar-refractivity contribution in [3.63, 3.8) is 0 Å². The van der Waals surface area contributed by atoms with Crippen molar-refractivity contribution >= 4 is 0 Å². The summed E-state index contributed by atoms with van der Waals surface area (Å²) < 4.78 is 5.27. The average molecular weight is 271 g/mol. The normalized spacial score (nSPS) is 27.2. The third-order valence-electron chi connectivity index (χ3n) is 4.88. The number of methoxy groups -OCH3 is 1. The van der Waals surface area contributed by atoms with Crippen molar-refractivity contribution in [2.45, 2.75) is 78.0 Å². The zero-order chi connectivity index (χ0) is 14.5. The summed E-state index contributed by atoms with van der Waals surface area (Å²) in [7, 11) is 1.76. The molecule has 0 aliphatic heterocycles. The molecule has 0 aromatic rings. The summed E-state index contributed by atoms with van der Waals surface area (Å²) in [6.07, 6.45) is 5.53. The van der Waals surface area contributed by atoms with E-state index in [4.69, 9.17) is 4.74 Å². The Balaban J connectivity index is 2.82. The van der Waals surface area contributed by atoms with Crippen LogP contribution in [-0.2, 0) is 4.74 Å². The van der Waals surface area contributed by atoms with E-state index in [9.17, 15) is 5.11 Å². The molecule has 0 radical (unpaired) electrons. The SMILES string of the molecule is CCC(CC)N(CCOC)C1CCCC(C)(C)C1O. The maximum absolute atomic E-state index is 10.7. The predicted molar refractivity (Wildman–Crippen MR) is 80.4 cm³/mol. The summed E-state index contributed by atoms with van der Waals surface area (Å²) >= 11 is 0. The van der Waals surface area contributed by atoms with Gasteiger partial charge in [0.25, 0.3) is 0 Å². The van der Waals surface area contributed by atoms with Gasteiger partial charge in [-0.1, -0.05) is 34.1 Å². The Hall–Kier alpha value is -0.120. The van der Waals surface area contributed by atoms with Crippen LogP contribution in [0.3, 0.4) is 0 Å². The van der Waals surface area contributed by atoms with Crippen LogP contribution in [0, 0.1) is 5.41 Å². The second-order valence-corrected chi connectivity index (χ2v) is 6.59. The lowest BCUT2D eigenvalue weighted by Gasteiger charge is -2.48. The first-order valence-corrected chi connectivity index (χ1v) is 7.90. The van der Waals surface area contributed by atoms with Crippen molar-refractivity contribution in [3.8, 4) is 0 Å². The van der Waals surface area contributed by atoms with Gasteiger partial charge in [0.2, 0.25) is 0 Å². The van der Waals surface area contributed by atoms with Gasteiger partial charge < -0.3 is 9.84 Å². The largest absolute Gasteiger partial charge is 0.391 e. The summed E-state index contributed by atoms with van der Waals surface area (Å²) in [6.45, 7) is 10.6. The van der Waals surface area contributed by atoms with E-state index in [1.165, 1.54) is 6.42 Å². The predicted octanol–water partition coefficient (Wildman–Crippen LogP) is 3.06. The molecule has 0 saturated heterocycles. The highest BCUT2D eigenvalue weighted by molar-refractivity contribution is 4.94. The van der Waals surface area contributed by atoms with Crippen LogP contribution in [0.2, 0.25) is 0 Å². The number of ether oxygens (including phenoxy) is 1. The molecule has 2 atom stereocenters. The molecule has 0 amide bonds. The molecule has 1 aliphatic carbocycles. The maximum atomic E-state index is 10.7. The molecule has 1 saturated carbocycles. The third-order valence-corrected chi connectivity index (χ3v) is 4.88. The van der Waals surface area contributed by atoms with Gasteiger partial charge >= 0.3 is 0 Å². The Morgan fingerprint density at radius 1 is 1.32 bits per heavy atom. The van der Waals surface area contributed by atoms with Crippen LogP contribution in [0.25, 0.3) is 0 Å². The minimum absolute atomic E-state index is 0.0419. The smallest absolute Gasteiger partial charge is 0.0746 e. The molecule has 1 aliphatic rings. The van der Waals surface area contributed by atoms with E-state index < -0.39 is 0 Å². The van der Waals surface area contributed by atoms with Crippen LogP contribution >= 0.6 is 0 Å². The number of rotatable bonds is 7. The summed E-state index contributed by atoms with van der Waals surface area (Å²) in [5.41, 5.74) is 0.0419. The zero-order valence-corrected chi connectivity index (χ0v) is 13.5. The van der Waals surface area contributed by atoms with Gasteiger partial charge in [-0.2, -0.15) is 0 Å². The van der Waals surface area contributed by atoms with Gasteiger partial charge in [0, 0.05) is 25.7 Å². The first-order chi connectivity index (χ1) is 8.97. The molecule has 1 fully saturated rings. The molecule has 19 heavy (non-hydrogen) atoms. The topological polar surface area (TPSA) is 32.7 Å². The van der Waals surface area contributed by atoms with E-state index in [1.54, 1.807) is 7.11 Å². The minimum atomic E-state index is -0.223. The Morgan fingerprint density at radius 3 is 2.47 bits per heavy atom. The highest BCUT2D eigenvalue weighted by Crippen LogP contribution is 2.38. The second kappa shape index (κ2) is 7.61. The fourth-order valence-electron chi connectivity index (χ4n) is 3.51. The van der Waals surface area contributed by atoms with Crippen LogP contribution in [-0.4, -0.2) is 48.5 Å². The Morgan fingerprint density at radius 2 is 1.95 bits per heavy atom.